The summed E-state index contributed by atoms with van der Waals surface area (Å²) in [6, 6.07) is 9.44. The Hall–Kier alpha value is -0.860. The molecule has 2 heterocycles. The minimum atomic E-state index is 0.665. The molecule has 2 aliphatic heterocycles. The van der Waals surface area contributed by atoms with E-state index in [0.717, 1.165) is 18.5 Å². The van der Waals surface area contributed by atoms with Gasteiger partial charge in [-0.25, -0.2) is 0 Å². The molecule has 1 aromatic rings. The van der Waals surface area contributed by atoms with E-state index in [1.165, 1.54) is 30.5 Å². The summed E-state index contributed by atoms with van der Waals surface area (Å²) in [6.45, 7) is 3.08. The molecule has 2 nitrogen and oxygen atoms in total. The van der Waals surface area contributed by atoms with Crippen LogP contribution in [0.2, 0.25) is 0 Å². The summed E-state index contributed by atoms with van der Waals surface area (Å²) in [6.07, 6.45) is 2.87. The Labute approximate surface area is 91.1 Å². The van der Waals surface area contributed by atoms with Crippen LogP contribution in [-0.4, -0.2) is 17.5 Å². The lowest BCUT2D eigenvalue weighted by Gasteiger charge is -2.26. The van der Waals surface area contributed by atoms with Gasteiger partial charge in [0.05, 0.1) is 0 Å². The molecule has 2 bridgehead atoms. The van der Waals surface area contributed by atoms with E-state index in [0.29, 0.717) is 6.54 Å². The van der Waals surface area contributed by atoms with Gasteiger partial charge in [0.2, 0.25) is 0 Å². The first-order valence-corrected chi connectivity index (χ1v) is 5.87. The Bertz CT molecular complexity index is 355. The van der Waals surface area contributed by atoms with Crippen LogP contribution >= 0.6 is 0 Å². The topological polar surface area (TPSA) is 29.3 Å². The van der Waals surface area contributed by atoms with Crippen LogP contribution < -0.4 is 5.73 Å². The second-order valence-electron chi connectivity index (χ2n) is 4.89. The second-order valence-corrected chi connectivity index (χ2v) is 4.89. The normalized spacial score (nSPS) is 29.1. The van der Waals surface area contributed by atoms with Crippen molar-refractivity contribution in [2.75, 3.05) is 6.54 Å². The molecule has 3 fully saturated rings. The Balaban J connectivity index is 1.75. The van der Waals surface area contributed by atoms with Gasteiger partial charge in [-0.1, -0.05) is 24.3 Å². The molecule has 0 amide bonds. The molecule has 4 rings (SSSR count). The van der Waals surface area contributed by atoms with Crippen LogP contribution in [0, 0.1) is 5.92 Å². The summed E-state index contributed by atoms with van der Waals surface area (Å²) in [5.41, 5.74) is 8.48. The van der Waals surface area contributed by atoms with Crippen LogP contribution in [0.1, 0.15) is 24.0 Å². The minimum absolute atomic E-state index is 0.665. The van der Waals surface area contributed by atoms with Gasteiger partial charge in [-0.3, -0.25) is 4.90 Å². The van der Waals surface area contributed by atoms with Gasteiger partial charge < -0.3 is 5.73 Å². The summed E-state index contributed by atoms with van der Waals surface area (Å²) in [5, 5.41) is 0. The molecule has 2 N–H and O–H groups in total. The Kier molecular flexibility index (Phi) is 2.26. The van der Waals surface area contributed by atoms with Crippen molar-refractivity contribution in [1.82, 2.24) is 4.90 Å². The van der Waals surface area contributed by atoms with Crippen LogP contribution in [0.15, 0.2) is 24.3 Å². The minimum Gasteiger partial charge on any atom is -0.326 e. The van der Waals surface area contributed by atoms with Crippen molar-refractivity contribution in [3.8, 4) is 0 Å². The fourth-order valence-electron chi connectivity index (χ4n) is 2.95. The molecule has 15 heavy (non-hydrogen) atoms. The highest BCUT2D eigenvalue weighted by Crippen LogP contribution is 2.41. The molecular formula is C13H18N2. The third-order valence-corrected chi connectivity index (χ3v) is 3.93. The van der Waals surface area contributed by atoms with Gasteiger partial charge in [-0.15, -0.1) is 0 Å². The lowest BCUT2D eigenvalue weighted by Crippen LogP contribution is -2.28. The number of nitrogens with zero attached hydrogens (tertiary/aromatic N) is 1. The highest BCUT2D eigenvalue weighted by atomic mass is 15.2. The molecule has 3 aliphatic rings. The number of benzene rings is 1. The van der Waals surface area contributed by atoms with Crippen molar-refractivity contribution in [3.05, 3.63) is 35.4 Å². The zero-order valence-electron chi connectivity index (χ0n) is 9.02. The smallest absolute Gasteiger partial charge is 0.0240 e. The van der Waals surface area contributed by atoms with Gasteiger partial charge in [-0.05, 0) is 29.9 Å². The molecule has 0 radical (unpaired) electrons. The first-order valence-electron chi connectivity index (χ1n) is 5.87. The van der Waals surface area contributed by atoms with Crippen LogP contribution in [-0.2, 0) is 13.1 Å². The van der Waals surface area contributed by atoms with E-state index < -0.39 is 0 Å². The van der Waals surface area contributed by atoms with Crippen LogP contribution in [0.5, 0.6) is 0 Å². The van der Waals surface area contributed by atoms with Crippen molar-refractivity contribution < 1.29 is 0 Å². The predicted octanol–water partition coefficient (Wildman–Crippen LogP) is 1.74. The van der Waals surface area contributed by atoms with E-state index >= 15 is 0 Å². The van der Waals surface area contributed by atoms with Crippen molar-refractivity contribution in [1.29, 1.82) is 0 Å². The lowest BCUT2D eigenvalue weighted by atomic mass is 9.86. The number of fused-ring (bicyclic) bond motifs is 1. The molecule has 0 unspecified atom stereocenters. The zero-order valence-corrected chi connectivity index (χ0v) is 9.02. The van der Waals surface area contributed by atoms with Gasteiger partial charge in [0.1, 0.15) is 0 Å². The van der Waals surface area contributed by atoms with Crippen LogP contribution in [0.3, 0.4) is 0 Å². The zero-order chi connectivity index (χ0) is 10.3. The molecule has 80 valence electrons. The molecule has 1 aromatic carbocycles. The maximum absolute atomic E-state index is 5.75. The molecule has 2 heteroatoms. The molecule has 0 aromatic heterocycles. The molecular weight excluding hydrogens is 184 g/mol. The van der Waals surface area contributed by atoms with Crippen molar-refractivity contribution in [3.63, 3.8) is 0 Å². The Morgan fingerprint density at radius 3 is 2.53 bits per heavy atom. The number of nitrogens with two attached hydrogens (primary N) is 1. The van der Waals surface area contributed by atoms with E-state index in [2.05, 4.69) is 29.2 Å². The quantitative estimate of drug-likeness (QED) is 0.809. The van der Waals surface area contributed by atoms with Crippen molar-refractivity contribution in [2.24, 2.45) is 11.7 Å². The number of hydrogen-bond acceptors (Lipinski definition) is 2. The summed E-state index contributed by atoms with van der Waals surface area (Å²) in [5.74, 6) is 1.00. The van der Waals surface area contributed by atoms with E-state index in [4.69, 9.17) is 5.73 Å². The fraction of sp³-hybridized carbons (Fsp3) is 0.538. The Morgan fingerprint density at radius 1 is 1.20 bits per heavy atom. The maximum Gasteiger partial charge on any atom is 0.0240 e. The third-order valence-electron chi connectivity index (χ3n) is 3.93. The first kappa shape index (κ1) is 9.37. The van der Waals surface area contributed by atoms with Crippen LogP contribution in [0.4, 0.5) is 0 Å². The molecule has 1 saturated carbocycles. The molecule has 0 spiro atoms. The summed E-state index contributed by atoms with van der Waals surface area (Å²) in [7, 11) is 0. The van der Waals surface area contributed by atoms with E-state index in [9.17, 15) is 0 Å². The summed E-state index contributed by atoms with van der Waals surface area (Å²) >= 11 is 0. The monoisotopic (exact) mass is 202 g/mol. The van der Waals surface area contributed by atoms with Gasteiger partial charge in [0, 0.05) is 25.7 Å². The predicted molar refractivity (Wildman–Crippen MR) is 61.3 cm³/mol. The van der Waals surface area contributed by atoms with Gasteiger partial charge in [0.15, 0.2) is 0 Å². The van der Waals surface area contributed by atoms with Gasteiger partial charge >= 0.3 is 0 Å². The van der Waals surface area contributed by atoms with Crippen molar-refractivity contribution >= 4 is 0 Å². The standard InChI is InChI=1S/C13H18N2/c14-7-11-3-1-2-4-12(11)9-15-8-10-5-13(15)6-10/h1-4,10,13H,5-9,14H2. The van der Waals surface area contributed by atoms with E-state index in [1.807, 2.05) is 0 Å². The summed E-state index contributed by atoms with van der Waals surface area (Å²) in [4.78, 5) is 2.62. The lowest BCUT2D eigenvalue weighted by molar-refractivity contribution is 0.239. The number of rotatable bonds is 3. The Morgan fingerprint density at radius 2 is 1.93 bits per heavy atom. The molecule has 0 atom stereocenters. The average Bonchev–Trinajstić information content (AvgIpc) is 2.76. The fourth-order valence-corrected chi connectivity index (χ4v) is 2.95. The highest BCUT2D eigenvalue weighted by molar-refractivity contribution is 5.27. The van der Waals surface area contributed by atoms with E-state index in [1.54, 1.807) is 0 Å². The van der Waals surface area contributed by atoms with E-state index in [-0.39, 0.29) is 0 Å². The van der Waals surface area contributed by atoms with Gasteiger partial charge in [-0.2, -0.15) is 0 Å². The SMILES string of the molecule is NCc1ccccc1CN1CC2CC1C2. The largest absolute Gasteiger partial charge is 0.326 e. The van der Waals surface area contributed by atoms with Crippen LogP contribution in [0.25, 0.3) is 0 Å². The summed E-state index contributed by atoms with van der Waals surface area (Å²) < 4.78 is 0. The van der Waals surface area contributed by atoms with Gasteiger partial charge in [0.25, 0.3) is 0 Å². The molecule has 1 aliphatic carbocycles. The third kappa shape index (κ3) is 1.58. The first-order chi connectivity index (χ1) is 7.36. The molecule has 2 saturated heterocycles. The maximum atomic E-state index is 5.75. The average molecular weight is 202 g/mol. The highest BCUT2D eigenvalue weighted by Gasteiger charge is 2.42. The number of hydrogen-bond donors (Lipinski definition) is 1. The van der Waals surface area contributed by atoms with Crippen molar-refractivity contribution in [2.45, 2.75) is 32.0 Å². The second kappa shape index (κ2) is 3.62.